The van der Waals surface area contributed by atoms with Gasteiger partial charge in [0.15, 0.2) is 0 Å². The lowest BCUT2D eigenvalue weighted by atomic mass is 10.1. The second kappa shape index (κ2) is 5.20. The van der Waals surface area contributed by atoms with Crippen molar-refractivity contribution < 1.29 is 4.79 Å². The number of pyridine rings is 2. The van der Waals surface area contributed by atoms with Crippen molar-refractivity contribution in [2.45, 2.75) is 6.92 Å². The number of aryl methyl sites for hydroxylation is 1. The van der Waals surface area contributed by atoms with Crippen molar-refractivity contribution in [2.24, 2.45) is 0 Å². The average molecular weight is 278 g/mol. The molecular formula is C16H14N4O. The van der Waals surface area contributed by atoms with Crippen LogP contribution >= 0.6 is 0 Å². The van der Waals surface area contributed by atoms with E-state index >= 15 is 0 Å². The highest BCUT2D eigenvalue weighted by Gasteiger charge is 2.10. The average Bonchev–Trinajstić information content (AvgIpc) is 2.51. The third kappa shape index (κ3) is 2.53. The summed E-state index contributed by atoms with van der Waals surface area (Å²) < 4.78 is 0. The van der Waals surface area contributed by atoms with Crippen LogP contribution in [0, 0.1) is 6.92 Å². The summed E-state index contributed by atoms with van der Waals surface area (Å²) in [6, 6.07) is 10.7. The van der Waals surface area contributed by atoms with Crippen molar-refractivity contribution in [3.63, 3.8) is 0 Å². The van der Waals surface area contributed by atoms with Gasteiger partial charge in [0.1, 0.15) is 0 Å². The summed E-state index contributed by atoms with van der Waals surface area (Å²) in [4.78, 5) is 20.6. The highest BCUT2D eigenvalue weighted by atomic mass is 16.1. The SMILES string of the molecule is Cc1ccc(C(=O)Nc2ccc(N)c3ncccc23)cn1. The summed E-state index contributed by atoms with van der Waals surface area (Å²) >= 11 is 0. The normalized spacial score (nSPS) is 10.5. The molecule has 0 unspecified atom stereocenters. The predicted octanol–water partition coefficient (Wildman–Crippen LogP) is 2.77. The quantitative estimate of drug-likeness (QED) is 0.706. The van der Waals surface area contributed by atoms with Gasteiger partial charge < -0.3 is 11.1 Å². The Kier molecular flexibility index (Phi) is 3.23. The number of anilines is 2. The van der Waals surface area contributed by atoms with E-state index in [2.05, 4.69) is 15.3 Å². The number of nitrogens with one attached hydrogen (secondary N) is 1. The molecule has 0 saturated carbocycles. The smallest absolute Gasteiger partial charge is 0.257 e. The topological polar surface area (TPSA) is 80.9 Å². The number of benzene rings is 1. The van der Waals surface area contributed by atoms with Crippen LogP contribution in [0.25, 0.3) is 10.9 Å². The number of hydrogen-bond acceptors (Lipinski definition) is 4. The van der Waals surface area contributed by atoms with Gasteiger partial charge in [0.25, 0.3) is 5.91 Å². The number of carbonyl (C=O) groups is 1. The van der Waals surface area contributed by atoms with Crippen LogP contribution in [-0.4, -0.2) is 15.9 Å². The molecule has 3 rings (SSSR count). The minimum atomic E-state index is -0.211. The summed E-state index contributed by atoms with van der Waals surface area (Å²) in [6.07, 6.45) is 3.23. The number of fused-ring (bicyclic) bond motifs is 1. The highest BCUT2D eigenvalue weighted by molar-refractivity contribution is 6.10. The number of amides is 1. The van der Waals surface area contributed by atoms with Crippen molar-refractivity contribution in [1.29, 1.82) is 0 Å². The minimum absolute atomic E-state index is 0.211. The first-order valence-corrected chi connectivity index (χ1v) is 6.52. The molecule has 2 heterocycles. The predicted molar refractivity (Wildman–Crippen MR) is 83.1 cm³/mol. The summed E-state index contributed by atoms with van der Waals surface area (Å²) in [5, 5.41) is 3.68. The molecule has 1 aromatic carbocycles. The lowest BCUT2D eigenvalue weighted by molar-refractivity contribution is 0.102. The van der Waals surface area contributed by atoms with Gasteiger partial charge in [-0.3, -0.25) is 14.8 Å². The van der Waals surface area contributed by atoms with Crippen LogP contribution in [0.5, 0.6) is 0 Å². The maximum Gasteiger partial charge on any atom is 0.257 e. The molecule has 2 aromatic heterocycles. The summed E-state index contributed by atoms with van der Waals surface area (Å²) in [7, 11) is 0. The maximum atomic E-state index is 12.3. The first kappa shape index (κ1) is 13.1. The minimum Gasteiger partial charge on any atom is -0.397 e. The summed E-state index contributed by atoms with van der Waals surface area (Å²) in [5.74, 6) is -0.211. The zero-order chi connectivity index (χ0) is 14.8. The Morgan fingerprint density at radius 1 is 1.14 bits per heavy atom. The van der Waals surface area contributed by atoms with Gasteiger partial charge in [0.05, 0.1) is 22.5 Å². The van der Waals surface area contributed by atoms with Crippen molar-refractivity contribution in [3.8, 4) is 0 Å². The Hall–Kier alpha value is -2.95. The van der Waals surface area contributed by atoms with Gasteiger partial charge in [0.2, 0.25) is 0 Å². The van der Waals surface area contributed by atoms with Crippen LogP contribution in [0.1, 0.15) is 16.1 Å². The molecule has 5 nitrogen and oxygen atoms in total. The summed E-state index contributed by atoms with van der Waals surface area (Å²) in [5.41, 5.74) is 9.22. The van der Waals surface area contributed by atoms with Gasteiger partial charge >= 0.3 is 0 Å². The Morgan fingerprint density at radius 3 is 2.76 bits per heavy atom. The number of nitrogens with zero attached hydrogens (tertiary/aromatic N) is 2. The van der Waals surface area contributed by atoms with Gasteiger partial charge in [-0.2, -0.15) is 0 Å². The van der Waals surface area contributed by atoms with Gasteiger partial charge in [-0.25, -0.2) is 0 Å². The Morgan fingerprint density at radius 2 is 2.00 bits per heavy atom. The zero-order valence-electron chi connectivity index (χ0n) is 11.5. The van der Waals surface area contributed by atoms with E-state index in [-0.39, 0.29) is 5.91 Å². The van der Waals surface area contributed by atoms with Crippen LogP contribution in [-0.2, 0) is 0 Å². The van der Waals surface area contributed by atoms with Gasteiger partial charge in [-0.1, -0.05) is 0 Å². The fourth-order valence-electron chi connectivity index (χ4n) is 2.10. The highest BCUT2D eigenvalue weighted by Crippen LogP contribution is 2.26. The molecule has 3 N–H and O–H groups in total. The molecule has 0 atom stereocenters. The zero-order valence-corrected chi connectivity index (χ0v) is 11.5. The van der Waals surface area contributed by atoms with Crippen LogP contribution in [0.3, 0.4) is 0 Å². The number of aromatic nitrogens is 2. The number of nitrogens with two attached hydrogens (primary N) is 1. The third-order valence-electron chi connectivity index (χ3n) is 3.22. The maximum absolute atomic E-state index is 12.3. The fourth-order valence-corrected chi connectivity index (χ4v) is 2.10. The van der Waals surface area contributed by atoms with Crippen LogP contribution in [0.4, 0.5) is 11.4 Å². The van der Waals surface area contributed by atoms with E-state index in [1.807, 2.05) is 19.1 Å². The lowest BCUT2D eigenvalue weighted by Gasteiger charge is -2.09. The second-order valence-corrected chi connectivity index (χ2v) is 4.74. The molecule has 0 fully saturated rings. The monoisotopic (exact) mass is 278 g/mol. The number of carbonyl (C=O) groups excluding carboxylic acids is 1. The Labute approximate surface area is 121 Å². The van der Waals surface area contributed by atoms with Crippen molar-refractivity contribution >= 4 is 28.2 Å². The van der Waals surface area contributed by atoms with Gasteiger partial charge in [-0.15, -0.1) is 0 Å². The first-order valence-electron chi connectivity index (χ1n) is 6.52. The Bertz CT molecular complexity index is 812. The molecule has 0 bridgehead atoms. The van der Waals surface area contributed by atoms with E-state index in [1.165, 1.54) is 0 Å². The molecule has 0 aliphatic rings. The number of rotatable bonds is 2. The molecule has 3 aromatic rings. The lowest BCUT2D eigenvalue weighted by Crippen LogP contribution is -2.12. The molecule has 1 amide bonds. The second-order valence-electron chi connectivity index (χ2n) is 4.74. The van der Waals surface area contributed by atoms with E-state index in [4.69, 9.17) is 5.73 Å². The molecule has 21 heavy (non-hydrogen) atoms. The Balaban J connectivity index is 1.97. The van der Waals surface area contributed by atoms with Crippen LogP contribution in [0.2, 0.25) is 0 Å². The van der Waals surface area contributed by atoms with Crippen molar-refractivity contribution in [2.75, 3.05) is 11.1 Å². The van der Waals surface area contributed by atoms with E-state index in [0.717, 1.165) is 11.1 Å². The van der Waals surface area contributed by atoms with Crippen LogP contribution < -0.4 is 11.1 Å². The molecule has 104 valence electrons. The number of nitrogen functional groups attached to an aromatic ring is 1. The molecule has 0 aliphatic carbocycles. The summed E-state index contributed by atoms with van der Waals surface area (Å²) in [6.45, 7) is 1.88. The molecule has 0 saturated heterocycles. The molecule has 0 aliphatic heterocycles. The largest absolute Gasteiger partial charge is 0.397 e. The third-order valence-corrected chi connectivity index (χ3v) is 3.22. The van der Waals surface area contributed by atoms with E-state index in [1.54, 1.807) is 36.7 Å². The van der Waals surface area contributed by atoms with E-state index < -0.39 is 0 Å². The van der Waals surface area contributed by atoms with Crippen molar-refractivity contribution in [3.05, 3.63) is 60.0 Å². The van der Waals surface area contributed by atoms with Gasteiger partial charge in [-0.05, 0) is 43.3 Å². The number of hydrogen-bond donors (Lipinski definition) is 2. The molecule has 0 spiro atoms. The van der Waals surface area contributed by atoms with E-state index in [0.29, 0.717) is 22.5 Å². The van der Waals surface area contributed by atoms with E-state index in [9.17, 15) is 4.79 Å². The molecular weight excluding hydrogens is 264 g/mol. The van der Waals surface area contributed by atoms with Crippen molar-refractivity contribution in [1.82, 2.24) is 9.97 Å². The molecule has 5 heteroatoms. The first-order chi connectivity index (χ1) is 10.1. The van der Waals surface area contributed by atoms with Gasteiger partial charge in [0, 0.05) is 23.5 Å². The molecule has 0 radical (unpaired) electrons. The fraction of sp³-hybridized carbons (Fsp3) is 0.0625. The van der Waals surface area contributed by atoms with Crippen LogP contribution in [0.15, 0.2) is 48.8 Å². The standard InChI is InChI=1S/C16H14N4O/c1-10-4-5-11(9-19-10)16(21)20-14-7-6-13(17)15-12(14)3-2-8-18-15/h2-9H,17H2,1H3,(H,20,21).